The van der Waals surface area contributed by atoms with Crippen molar-refractivity contribution in [3.8, 4) is 16.9 Å². The third-order valence-electron chi connectivity index (χ3n) is 4.69. The summed E-state index contributed by atoms with van der Waals surface area (Å²) in [6, 6.07) is 31.6. The summed E-state index contributed by atoms with van der Waals surface area (Å²) in [5, 5.41) is 5.09. The molecule has 0 aromatic heterocycles. The molecule has 4 aromatic rings. The third kappa shape index (κ3) is 3.74. The second-order valence-corrected chi connectivity index (χ2v) is 6.64. The summed E-state index contributed by atoms with van der Waals surface area (Å²) < 4.78 is 6.00. The van der Waals surface area contributed by atoms with Gasteiger partial charge in [0.1, 0.15) is 5.75 Å². The molecular weight excluding hydrogens is 346 g/mol. The van der Waals surface area contributed by atoms with Gasteiger partial charge in [-0.1, -0.05) is 84.9 Å². The number of hydrogen-bond acceptors (Lipinski definition) is 2. The number of nitrogens with one attached hydrogen (secondary N) is 1. The fraction of sp³-hybridized carbons (Fsp3) is 0.0800. The van der Waals surface area contributed by atoms with Crippen LogP contribution in [0.25, 0.3) is 21.9 Å². The first-order valence-electron chi connectivity index (χ1n) is 9.32. The van der Waals surface area contributed by atoms with E-state index in [9.17, 15) is 4.79 Å². The van der Waals surface area contributed by atoms with Gasteiger partial charge in [0.15, 0.2) is 6.10 Å². The highest BCUT2D eigenvalue weighted by Gasteiger charge is 2.17. The van der Waals surface area contributed by atoms with Crippen molar-refractivity contribution in [2.24, 2.45) is 0 Å². The molecule has 0 saturated carbocycles. The van der Waals surface area contributed by atoms with Gasteiger partial charge < -0.3 is 10.1 Å². The molecule has 1 N–H and O–H groups in total. The average Bonchev–Trinajstić information content (AvgIpc) is 2.75. The summed E-state index contributed by atoms with van der Waals surface area (Å²) in [4.78, 5) is 12.8. The largest absolute Gasteiger partial charge is 0.480 e. The monoisotopic (exact) mass is 367 g/mol. The zero-order chi connectivity index (χ0) is 19.3. The Kier molecular flexibility index (Phi) is 5.07. The molecule has 28 heavy (non-hydrogen) atoms. The Bertz CT molecular complexity index is 1100. The number of hydrogen-bond donors (Lipinski definition) is 1. The molecule has 0 aliphatic heterocycles. The lowest BCUT2D eigenvalue weighted by molar-refractivity contribution is -0.122. The van der Waals surface area contributed by atoms with Crippen molar-refractivity contribution >= 4 is 22.4 Å². The van der Waals surface area contributed by atoms with Crippen molar-refractivity contribution in [3.05, 3.63) is 97.1 Å². The van der Waals surface area contributed by atoms with Crippen molar-refractivity contribution in [2.75, 3.05) is 5.32 Å². The molecule has 138 valence electrons. The number of ether oxygens (including phenoxy) is 1. The van der Waals surface area contributed by atoms with Gasteiger partial charge in [0.25, 0.3) is 5.91 Å². The topological polar surface area (TPSA) is 38.3 Å². The highest BCUT2D eigenvalue weighted by molar-refractivity contribution is 5.98. The van der Waals surface area contributed by atoms with Crippen LogP contribution < -0.4 is 10.1 Å². The van der Waals surface area contributed by atoms with Gasteiger partial charge in [-0.25, -0.2) is 0 Å². The molecule has 1 unspecified atom stereocenters. The van der Waals surface area contributed by atoms with Crippen molar-refractivity contribution in [3.63, 3.8) is 0 Å². The van der Waals surface area contributed by atoms with Crippen LogP contribution in [0.5, 0.6) is 5.75 Å². The lowest BCUT2D eigenvalue weighted by Crippen LogP contribution is -2.30. The van der Waals surface area contributed by atoms with Gasteiger partial charge in [-0.3, -0.25) is 4.79 Å². The standard InChI is InChI=1S/C25H21NO2/c1-18(28-24-17-9-13-20-12-5-6-15-22(20)24)25(27)26-23-16-8-7-14-21(23)19-10-3-2-4-11-19/h2-18H,1H3,(H,26,27). The molecule has 0 aliphatic rings. The van der Waals surface area contributed by atoms with Crippen LogP contribution in [0.2, 0.25) is 0 Å². The molecule has 0 saturated heterocycles. The average molecular weight is 367 g/mol. The minimum atomic E-state index is -0.630. The molecule has 1 atom stereocenters. The van der Waals surface area contributed by atoms with Crippen LogP contribution in [0, 0.1) is 0 Å². The summed E-state index contributed by atoms with van der Waals surface area (Å²) >= 11 is 0. The van der Waals surface area contributed by atoms with E-state index >= 15 is 0 Å². The van der Waals surface area contributed by atoms with Gasteiger partial charge in [-0.15, -0.1) is 0 Å². The SMILES string of the molecule is CC(Oc1cccc2ccccc12)C(=O)Nc1ccccc1-c1ccccc1. The maximum atomic E-state index is 12.8. The summed E-state index contributed by atoms with van der Waals surface area (Å²) in [5.41, 5.74) is 2.81. The van der Waals surface area contributed by atoms with Gasteiger partial charge in [-0.05, 0) is 30.0 Å². The zero-order valence-electron chi connectivity index (χ0n) is 15.6. The van der Waals surface area contributed by atoms with E-state index in [1.54, 1.807) is 6.92 Å². The molecule has 3 heteroatoms. The number of anilines is 1. The highest BCUT2D eigenvalue weighted by Crippen LogP contribution is 2.29. The van der Waals surface area contributed by atoms with Crippen LogP contribution in [0.15, 0.2) is 97.1 Å². The molecule has 0 bridgehead atoms. The van der Waals surface area contributed by atoms with Crippen LogP contribution >= 0.6 is 0 Å². The Morgan fingerprint density at radius 1 is 0.786 bits per heavy atom. The number of para-hydroxylation sites is 1. The van der Waals surface area contributed by atoms with Gasteiger partial charge in [0.2, 0.25) is 0 Å². The van der Waals surface area contributed by atoms with Crippen molar-refractivity contribution in [1.29, 1.82) is 0 Å². The Balaban J connectivity index is 1.54. The van der Waals surface area contributed by atoms with E-state index in [4.69, 9.17) is 4.74 Å². The second-order valence-electron chi connectivity index (χ2n) is 6.64. The Morgan fingerprint density at radius 3 is 2.32 bits per heavy atom. The van der Waals surface area contributed by atoms with Gasteiger partial charge in [0.05, 0.1) is 0 Å². The molecule has 4 rings (SSSR count). The lowest BCUT2D eigenvalue weighted by Gasteiger charge is -2.17. The van der Waals surface area contributed by atoms with Crippen LogP contribution in [0.4, 0.5) is 5.69 Å². The van der Waals surface area contributed by atoms with Gasteiger partial charge >= 0.3 is 0 Å². The minimum absolute atomic E-state index is 0.184. The van der Waals surface area contributed by atoms with Crippen molar-refractivity contribution < 1.29 is 9.53 Å². The Morgan fingerprint density at radius 2 is 1.46 bits per heavy atom. The van der Waals surface area contributed by atoms with Gasteiger partial charge in [-0.2, -0.15) is 0 Å². The molecular formula is C25H21NO2. The van der Waals surface area contributed by atoms with E-state index in [0.717, 1.165) is 27.6 Å². The van der Waals surface area contributed by atoms with E-state index in [0.29, 0.717) is 5.75 Å². The zero-order valence-corrected chi connectivity index (χ0v) is 15.6. The van der Waals surface area contributed by atoms with E-state index in [-0.39, 0.29) is 5.91 Å². The molecule has 0 heterocycles. The summed E-state index contributed by atoms with van der Waals surface area (Å²) in [6.07, 6.45) is -0.630. The van der Waals surface area contributed by atoms with E-state index in [1.165, 1.54) is 0 Å². The number of carbonyl (C=O) groups is 1. The quantitative estimate of drug-likeness (QED) is 0.476. The van der Waals surface area contributed by atoms with Crippen molar-refractivity contribution in [1.82, 2.24) is 0 Å². The Hall–Kier alpha value is -3.59. The number of fused-ring (bicyclic) bond motifs is 1. The van der Waals surface area contributed by atoms with E-state index < -0.39 is 6.10 Å². The second kappa shape index (κ2) is 7.97. The fourth-order valence-corrected chi connectivity index (χ4v) is 3.24. The molecule has 0 spiro atoms. The lowest BCUT2D eigenvalue weighted by atomic mass is 10.0. The highest BCUT2D eigenvalue weighted by atomic mass is 16.5. The summed E-state index contributed by atoms with van der Waals surface area (Å²) in [7, 11) is 0. The first-order valence-corrected chi connectivity index (χ1v) is 9.32. The molecule has 0 aliphatic carbocycles. The minimum Gasteiger partial charge on any atom is -0.480 e. The maximum Gasteiger partial charge on any atom is 0.265 e. The predicted molar refractivity (Wildman–Crippen MR) is 115 cm³/mol. The van der Waals surface area contributed by atoms with Gasteiger partial charge in [0, 0.05) is 16.6 Å². The molecule has 1 amide bonds. The van der Waals surface area contributed by atoms with Crippen LogP contribution in [-0.2, 0) is 4.79 Å². The van der Waals surface area contributed by atoms with E-state index in [2.05, 4.69) is 5.32 Å². The summed E-state index contributed by atoms with van der Waals surface area (Å²) in [5.74, 6) is 0.522. The smallest absolute Gasteiger partial charge is 0.265 e. The normalized spacial score (nSPS) is 11.8. The molecule has 0 radical (unpaired) electrons. The first-order chi connectivity index (χ1) is 13.7. The van der Waals surface area contributed by atoms with E-state index in [1.807, 2.05) is 97.1 Å². The number of amides is 1. The Labute approximate surface area is 164 Å². The maximum absolute atomic E-state index is 12.8. The third-order valence-corrected chi connectivity index (χ3v) is 4.69. The fourth-order valence-electron chi connectivity index (χ4n) is 3.24. The molecule has 3 nitrogen and oxygen atoms in total. The number of benzene rings is 4. The van der Waals surface area contributed by atoms with Crippen molar-refractivity contribution in [2.45, 2.75) is 13.0 Å². The van der Waals surface area contributed by atoms with Crippen LogP contribution in [-0.4, -0.2) is 12.0 Å². The number of rotatable bonds is 5. The first kappa shape index (κ1) is 17.8. The van der Waals surface area contributed by atoms with Crippen LogP contribution in [0.3, 0.4) is 0 Å². The molecule has 4 aromatic carbocycles. The molecule has 0 fully saturated rings. The number of carbonyl (C=O) groups excluding carboxylic acids is 1. The summed E-state index contributed by atoms with van der Waals surface area (Å²) in [6.45, 7) is 1.77. The predicted octanol–water partition coefficient (Wildman–Crippen LogP) is 5.91. The van der Waals surface area contributed by atoms with Crippen LogP contribution in [0.1, 0.15) is 6.92 Å².